The molecular weight excluding hydrogens is 556 g/mol. The minimum atomic E-state index is -0.242. The first-order chi connectivity index (χ1) is 17.3. The van der Waals surface area contributed by atoms with Crippen LogP contribution in [-0.4, -0.2) is 34.2 Å². The summed E-state index contributed by atoms with van der Waals surface area (Å²) in [4.78, 5) is 27.7. The van der Waals surface area contributed by atoms with Crippen LogP contribution in [0.3, 0.4) is 0 Å². The smallest absolute Gasteiger partial charge is 0.266 e. The van der Waals surface area contributed by atoms with Gasteiger partial charge in [0.15, 0.2) is 6.61 Å². The van der Waals surface area contributed by atoms with E-state index in [9.17, 15) is 9.59 Å². The summed E-state index contributed by atoms with van der Waals surface area (Å²) in [6, 6.07) is 21.3. The number of carbonyl (C=O) groups is 2. The van der Waals surface area contributed by atoms with E-state index < -0.39 is 0 Å². The lowest BCUT2D eigenvalue weighted by molar-refractivity contribution is -0.122. The third-order valence-corrected chi connectivity index (χ3v) is 7.46. The maximum absolute atomic E-state index is 13.0. The SMILES string of the molecule is Cc1cc(Br)cc(C)c1NC(=O)COc1cccc(/C=C2\SC(=S)N(CCc3ccccc3)C2=O)c1. The normalized spacial score (nSPS) is 14.4. The molecule has 4 rings (SSSR count). The van der Waals surface area contributed by atoms with Crippen LogP contribution in [-0.2, 0) is 16.0 Å². The number of thiocarbonyl (C=S) groups is 1. The standard InChI is InChI=1S/C28H25BrN2O3S2/c1-18-13-22(29)14-19(2)26(18)30-25(32)17-34-23-10-6-9-21(15-23)16-24-27(33)31(28(35)36-24)12-11-20-7-4-3-5-8-20/h3-10,13-16H,11-12,17H2,1-2H3,(H,30,32)/b24-16-. The van der Waals surface area contributed by atoms with Crippen molar-refractivity contribution in [3.8, 4) is 5.75 Å². The van der Waals surface area contributed by atoms with E-state index >= 15 is 0 Å². The second kappa shape index (κ2) is 11.9. The van der Waals surface area contributed by atoms with E-state index in [1.54, 1.807) is 17.0 Å². The number of carbonyl (C=O) groups excluding carboxylic acids is 2. The third kappa shape index (κ3) is 6.63. The molecule has 1 aliphatic heterocycles. The van der Waals surface area contributed by atoms with Crippen LogP contribution in [0.2, 0.25) is 0 Å². The molecule has 3 aromatic carbocycles. The van der Waals surface area contributed by atoms with Gasteiger partial charge in [-0.15, -0.1) is 0 Å². The molecule has 1 aliphatic rings. The van der Waals surface area contributed by atoms with E-state index in [-0.39, 0.29) is 18.4 Å². The monoisotopic (exact) mass is 580 g/mol. The molecule has 0 saturated carbocycles. The minimum Gasteiger partial charge on any atom is -0.484 e. The molecule has 36 heavy (non-hydrogen) atoms. The van der Waals surface area contributed by atoms with Crippen molar-refractivity contribution in [2.24, 2.45) is 0 Å². The van der Waals surface area contributed by atoms with Crippen molar-refractivity contribution in [3.63, 3.8) is 0 Å². The Balaban J connectivity index is 1.37. The molecule has 1 fully saturated rings. The molecule has 0 unspecified atom stereocenters. The summed E-state index contributed by atoms with van der Waals surface area (Å²) < 4.78 is 7.26. The highest BCUT2D eigenvalue weighted by Crippen LogP contribution is 2.33. The number of nitrogens with zero attached hydrogens (tertiary/aromatic N) is 1. The van der Waals surface area contributed by atoms with Crippen molar-refractivity contribution in [1.29, 1.82) is 0 Å². The van der Waals surface area contributed by atoms with Gasteiger partial charge in [0.05, 0.1) is 4.91 Å². The molecule has 0 bridgehead atoms. The fourth-order valence-corrected chi connectivity index (χ4v) is 5.85. The molecule has 8 heteroatoms. The second-order valence-electron chi connectivity index (χ2n) is 8.39. The van der Waals surface area contributed by atoms with Gasteiger partial charge < -0.3 is 10.1 Å². The van der Waals surface area contributed by atoms with Crippen LogP contribution in [0.15, 0.2) is 76.1 Å². The number of amides is 2. The third-order valence-electron chi connectivity index (χ3n) is 5.63. The maximum Gasteiger partial charge on any atom is 0.266 e. The van der Waals surface area contributed by atoms with E-state index in [2.05, 4.69) is 21.2 Å². The largest absolute Gasteiger partial charge is 0.484 e. The molecule has 184 valence electrons. The molecular formula is C28H25BrN2O3S2. The number of hydrogen-bond acceptors (Lipinski definition) is 5. The number of aryl methyl sites for hydroxylation is 2. The Morgan fingerprint density at radius 2 is 1.81 bits per heavy atom. The Labute approximate surface area is 229 Å². The Morgan fingerprint density at radius 3 is 2.53 bits per heavy atom. The van der Waals surface area contributed by atoms with Gasteiger partial charge in [0.2, 0.25) is 0 Å². The zero-order valence-corrected chi connectivity index (χ0v) is 23.1. The maximum atomic E-state index is 13.0. The summed E-state index contributed by atoms with van der Waals surface area (Å²) in [6.45, 7) is 4.31. The lowest BCUT2D eigenvalue weighted by Crippen LogP contribution is -2.30. The van der Waals surface area contributed by atoms with E-state index in [0.29, 0.717) is 21.5 Å². The molecule has 2 amide bonds. The zero-order chi connectivity index (χ0) is 25.7. The summed E-state index contributed by atoms with van der Waals surface area (Å²) in [5.74, 6) is 0.211. The van der Waals surface area contributed by atoms with Crippen molar-refractivity contribution in [2.75, 3.05) is 18.5 Å². The average molecular weight is 582 g/mol. The first-order valence-electron chi connectivity index (χ1n) is 11.4. The van der Waals surface area contributed by atoms with Gasteiger partial charge in [-0.1, -0.05) is 82.4 Å². The molecule has 0 radical (unpaired) electrons. The van der Waals surface area contributed by atoms with E-state index in [1.165, 1.54) is 11.8 Å². The van der Waals surface area contributed by atoms with E-state index in [4.69, 9.17) is 17.0 Å². The lowest BCUT2D eigenvalue weighted by Gasteiger charge is -2.14. The number of anilines is 1. The van der Waals surface area contributed by atoms with Gasteiger partial charge in [-0.2, -0.15) is 0 Å². The van der Waals surface area contributed by atoms with Gasteiger partial charge in [-0.3, -0.25) is 14.5 Å². The number of thioether (sulfide) groups is 1. The predicted octanol–water partition coefficient (Wildman–Crippen LogP) is 6.53. The minimum absolute atomic E-state index is 0.0909. The van der Waals surface area contributed by atoms with Gasteiger partial charge in [0.1, 0.15) is 10.1 Å². The average Bonchev–Trinajstić information content (AvgIpc) is 3.11. The topological polar surface area (TPSA) is 58.6 Å². The second-order valence-corrected chi connectivity index (χ2v) is 11.0. The van der Waals surface area contributed by atoms with Crippen molar-refractivity contribution < 1.29 is 14.3 Å². The molecule has 0 atom stereocenters. The van der Waals surface area contributed by atoms with Gasteiger partial charge >= 0.3 is 0 Å². The molecule has 1 N–H and O–H groups in total. The first kappa shape index (κ1) is 26.1. The van der Waals surface area contributed by atoms with Gasteiger partial charge in [0.25, 0.3) is 11.8 Å². The van der Waals surface area contributed by atoms with Crippen LogP contribution in [0, 0.1) is 13.8 Å². The Bertz CT molecular complexity index is 1320. The number of ether oxygens (including phenoxy) is 1. The first-order valence-corrected chi connectivity index (χ1v) is 13.4. The summed E-state index contributed by atoms with van der Waals surface area (Å²) in [6.07, 6.45) is 2.55. The van der Waals surface area contributed by atoms with Crippen LogP contribution in [0.5, 0.6) is 5.75 Å². The van der Waals surface area contributed by atoms with Crippen LogP contribution >= 0.6 is 39.9 Å². The number of benzene rings is 3. The Morgan fingerprint density at radius 1 is 1.08 bits per heavy atom. The molecule has 0 aliphatic carbocycles. The van der Waals surface area contributed by atoms with Crippen molar-refractivity contribution >= 4 is 67.8 Å². The number of hydrogen-bond donors (Lipinski definition) is 1. The van der Waals surface area contributed by atoms with Gasteiger partial charge in [0, 0.05) is 16.7 Å². The molecule has 5 nitrogen and oxygen atoms in total. The van der Waals surface area contributed by atoms with Crippen molar-refractivity contribution in [1.82, 2.24) is 4.90 Å². The van der Waals surface area contributed by atoms with Crippen LogP contribution < -0.4 is 10.1 Å². The summed E-state index contributed by atoms with van der Waals surface area (Å²) in [5, 5.41) is 2.92. The number of rotatable bonds is 8. The Kier molecular flexibility index (Phi) is 8.61. The number of nitrogens with one attached hydrogen (secondary N) is 1. The quantitative estimate of drug-likeness (QED) is 0.242. The van der Waals surface area contributed by atoms with E-state index in [1.807, 2.05) is 74.5 Å². The van der Waals surface area contributed by atoms with Crippen molar-refractivity contribution in [3.05, 3.63) is 98.4 Å². The highest BCUT2D eigenvalue weighted by atomic mass is 79.9. The highest BCUT2D eigenvalue weighted by molar-refractivity contribution is 9.10. The van der Waals surface area contributed by atoms with Gasteiger partial charge in [-0.25, -0.2) is 0 Å². The van der Waals surface area contributed by atoms with Crippen molar-refractivity contribution in [2.45, 2.75) is 20.3 Å². The van der Waals surface area contributed by atoms with Crippen LogP contribution in [0.25, 0.3) is 6.08 Å². The Hall–Kier alpha value is -2.94. The van der Waals surface area contributed by atoms with Crippen LogP contribution in [0.4, 0.5) is 5.69 Å². The summed E-state index contributed by atoms with van der Waals surface area (Å²) >= 11 is 10.2. The number of halogens is 1. The predicted molar refractivity (Wildman–Crippen MR) is 154 cm³/mol. The lowest BCUT2D eigenvalue weighted by atomic mass is 10.1. The fourth-order valence-electron chi connectivity index (χ4n) is 3.86. The molecule has 1 saturated heterocycles. The molecule has 3 aromatic rings. The van der Waals surface area contributed by atoms with E-state index in [0.717, 1.165) is 38.8 Å². The van der Waals surface area contributed by atoms with Gasteiger partial charge in [-0.05, 0) is 72.9 Å². The molecule has 0 aromatic heterocycles. The highest BCUT2D eigenvalue weighted by Gasteiger charge is 2.31. The zero-order valence-electron chi connectivity index (χ0n) is 19.9. The summed E-state index contributed by atoms with van der Waals surface area (Å²) in [7, 11) is 0. The fraction of sp³-hybridized carbons (Fsp3) is 0.179. The van der Waals surface area contributed by atoms with Crippen LogP contribution in [0.1, 0.15) is 22.3 Å². The summed E-state index contributed by atoms with van der Waals surface area (Å²) in [5.41, 5.74) is 4.69. The molecule has 0 spiro atoms. The molecule has 1 heterocycles.